The summed E-state index contributed by atoms with van der Waals surface area (Å²) < 4.78 is 34.9. The van der Waals surface area contributed by atoms with Gasteiger partial charge in [-0.3, -0.25) is 0 Å². The summed E-state index contributed by atoms with van der Waals surface area (Å²) in [5.74, 6) is 0.763. The molecular weight excluding hydrogens is 398 g/mol. The first-order valence-electron chi connectivity index (χ1n) is 10.7. The van der Waals surface area contributed by atoms with Gasteiger partial charge in [-0.05, 0) is 74.2 Å². The highest BCUT2D eigenvalue weighted by molar-refractivity contribution is 7.89. The number of ether oxygens (including phenoxy) is 1. The van der Waals surface area contributed by atoms with E-state index in [9.17, 15) is 8.42 Å². The normalized spacial score (nSPS) is 18.3. The fourth-order valence-corrected chi connectivity index (χ4v) is 5.67. The van der Waals surface area contributed by atoms with Crippen LogP contribution in [0.5, 0.6) is 5.75 Å². The summed E-state index contributed by atoms with van der Waals surface area (Å²) in [5.41, 5.74) is 3.18. The lowest BCUT2D eigenvalue weighted by atomic mass is 10.0. The summed E-state index contributed by atoms with van der Waals surface area (Å²) in [6.07, 6.45) is 4.43. The lowest BCUT2D eigenvalue weighted by molar-refractivity contribution is 0.307. The van der Waals surface area contributed by atoms with E-state index in [-0.39, 0.29) is 6.04 Å². The monoisotopic (exact) mass is 429 g/mol. The molecule has 2 aromatic rings. The number of anilines is 1. The van der Waals surface area contributed by atoms with Gasteiger partial charge in [-0.25, -0.2) is 13.1 Å². The Morgan fingerprint density at radius 3 is 2.47 bits per heavy atom. The van der Waals surface area contributed by atoms with Gasteiger partial charge < -0.3 is 14.5 Å². The number of likely N-dealkylation sites (tertiary alicyclic amines) is 1. The van der Waals surface area contributed by atoms with Crippen LogP contribution in [0.3, 0.4) is 0 Å². The molecule has 2 aliphatic rings. The molecule has 162 valence electrons. The van der Waals surface area contributed by atoms with E-state index < -0.39 is 10.0 Å². The van der Waals surface area contributed by atoms with E-state index >= 15 is 0 Å². The van der Waals surface area contributed by atoms with E-state index in [4.69, 9.17) is 4.74 Å². The second-order valence-electron chi connectivity index (χ2n) is 8.27. The van der Waals surface area contributed by atoms with Crippen molar-refractivity contribution in [2.75, 3.05) is 45.2 Å². The predicted molar refractivity (Wildman–Crippen MR) is 120 cm³/mol. The number of methoxy groups -OCH3 is 1. The first kappa shape index (κ1) is 21.2. The van der Waals surface area contributed by atoms with Gasteiger partial charge in [-0.1, -0.05) is 18.2 Å². The van der Waals surface area contributed by atoms with E-state index in [1.807, 2.05) is 43.4 Å². The van der Waals surface area contributed by atoms with Crippen LogP contribution in [0.25, 0.3) is 0 Å². The van der Waals surface area contributed by atoms with Crippen LogP contribution in [0.4, 0.5) is 5.69 Å². The van der Waals surface area contributed by atoms with Gasteiger partial charge in [0, 0.05) is 25.8 Å². The van der Waals surface area contributed by atoms with Gasteiger partial charge in [0.25, 0.3) is 0 Å². The third-order valence-electron chi connectivity index (χ3n) is 6.17. The summed E-state index contributed by atoms with van der Waals surface area (Å²) in [6.45, 7) is 3.64. The molecule has 2 heterocycles. The molecule has 0 aliphatic carbocycles. The molecule has 0 saturated carbocycles. The SMILES string of the molecule is COc1ccc(C(CN2CCCC2)NS(=O)(=O)c2ccc3c(c2)N(C)CCC3)cc1. The quantitative estimate of drug-likeness (QED) is 0.732. The second kappa shape index (κ2) is 8.96. The summed E-state index contributed by atoms with van der Waals surface area (Å²) in [4.78, 5) is 4.80. The molecule has 0 bridgehead atoms. The summed E-state index contributed by atoms with van der Waals surface area (Å²) >= 11 is 0. The molecule has 2 aromatic carbocycles. The third-order valence-corrected chi connectivity index (χ3v) is 7.64. The van der Waals surface area contributed by atoms with Crippen LogP contribution in [0.2, 0.25) is 0 Å². The van der Waals surface area contributed by atoms with E-state index in [2.05, 4.69) is 14.5 Å². The van der Waals surface area contributed by atoms with Crippen molar-refractivity contribution in [2.45, 2.75) is 36.6 Å². The standard InChI is InChI=1S/C23H31N3O3S/c1-25-13-5-6-19-9-12-21(16-23(19)25)30(27,28)24-22(17-26-14-3-4-15-26)18-7-10-20(29-2)11-8-18/h7-12,16,22,24H,3-6,13-15,17H2,1-2H3. The molecule has 7 heteroatoms. The zero-order valence-electron chi connectivity index (χ0n) is 17.8. The number of rotatable bonds is 7. The highest BCUT2D eigenvalue weighted by atomic mass is 32.2. The Morgan fingerprint density at radius 1 is 1.03 bits per heavy atom. The summed E-state index contributed by atoms with van der Waals surface area (Å²) in [5, 5.41) is 0. The maximum absolute atomic E-state index is 13.3. The van der Waals surface area contributed by atoms with Crippen LogP contribution >= 0.6 is 0 Å². The van der Waals surface area contributed by atoms with Crippen LogP contribution in [0.15, 0.2) is 47.4 Å². The number of nitrogens with one attached hydrogen (secondary N) is 1. The lowest BCUT2D eigenvalue weighted by Crippen LogP contribution is -2.37. The van der Waals surface area contributed by atoms with Crippen LogP contribution < -0.4 is 14.4 Å². The van der Waals surface area contributed by atoms with Gasteiger partial charge in [0.2, 0.25) is 10.0 Å². The first-order valence-corrected chi connectivity index (χ1v) is 12.2. The van der Waals surface area contributed by atoms with Gasteiger partial charge in [-0.15, -0.1) is 0 Å². The Bertz CT molecular complexity index is 970. The van der Waals surface area contributed by atoms with Gasteiger partial charge >= 0.3 is 0 Å². The van der Waals surface area contributed by atoms with Crippen molar-refractivity contribution in [1.29, 1.82) is 0 Å². The summed E-state index contributed by atoms with van der Waals surface area (Å²) in [7, 11) is -0.00182. The smallest absolute Gasteiger partial charge is 0.241 e. The van der Waals surface area contributed by atoms with Crippen LogP contribution in [0, 0.1) is 0 Å². The van der Waals surface area contributed by atoms with Gasteiger partial charge in [0.1, 0.15) is 5.75 Å². The molecule has 1 atom stereocenters. The van der Waals surface area contributed by atoms with Crippen molar-refractivity contribution in [3.05, 3.63) is 53.6 Å². The lowest BCUT2D eigenvalue weighted by Gasteiger charge is -2.28. The molecule has 2 aliphatic heterocycles. The summed E-state index contributed by atoms with van der Waals surface area (Å²) in [6, 6.07) is 12.9. The van der Waals surface area contributed by atoms with Gasteiger partial charge in [0.15, 0.2) is 0 Å². The van der Waals surface area contributed by atoms with Gasteiger partial charge in [-0.2, -0.15) is 0 Å². The van der Waals surface area contributed by atoms with E-state index in [0.717, 1.165) is 49.5 Å². The van der Waals surface area contributed by atoms with E-state index in [1.165, 1.54) is 18.4 Å². The minimum atomic E-state index is -3.66. The Labute approximate surface area is 179 Å². The number of sulfonamides is 1. The molecule has 4 rings (SSSR count). The number of fused-ring (bicyclic) bond motifs is 1. The molecule has 0 spiro atoms. The fourth-order valence-electron chi connectivity index (χ4n) is 4.43. The third kappa shape index (κ3) is 4.63. The molecular formula is C23H31N3O3S. The minimum absolute atomic E-state index is 0.312. The number of benzene rings is 2. The van der Waals surface area contributed by atoms with Crippen LogP contribution in [0.1, 0.15) is 36.4 Å². The minimum Gasteiger partial charge on any atom is -0.497 e. The molecule has 0 radical (unpaired) electrons. The number of aryl methyl sites for hydroxylation is 1. The molecule has 0 amide bonds. The van der Waals surface area contributed by atoms with Crippen molar-refractivity contribution in [2.24, 2.45) is 0 Å². The van der Waals surface area contributed by atoms with Crippen molar-refractivity contribution < 1.29 is 13.2 Å². The highest BCUT2D eigenvalue weighted by Gasteiger charge is 2.26. The van der Waals surface area contributed by atoms with E-state index in [0.29, 0.717) is 11.4 Å². The largest absolute Gasteiger partial charge is 0.497 e. The fraction of sp³-hybridized carbons (Fsp3) is 0.478. The maximum Gasteiger partial charge on any atom is 0.241 e. The van der Waals surface area contributed by atoms with Crippen molar-refractivity contribution >= 4 is 15.7 Å². The highest BCUT2D eigenvalue weighted by Crippen LogP contribution is 2.30. The Hall–Kier alpha value is -2.09. The van der Waals surface area contributed by atoms with Crippen molar-refractivity contribution in [3.63, 3.8) is 0 Å². The molecule has 30 heavy (non-hydrogen) atoms. The Morgan fingerprint density at radius 2 is 1.77 bits per heavy atom. The Kier molecular flexibility index (Phi) is 6.32. The molecule has 1 saturated heterocycles. The van der Waals surface area contributed by atoms with Crippen molar-refractivity contribution in [1.82, 2.24) is 9.62 Å². The average molecular weight is 430 g/mol. The average Bonchev–Trinajstić information content (AvgIpc) is 3.26. The van der Waals surface area contributed by atoms with Gasteiger partial charge in [0.05, 0.1) is 18.0 Å². The maximum atomic E-state index is 13.3. The molecule has 6 nitrogen and oxygen atoms in total. The van der Waals surface area contributed by atoms with Crippen LogP contribution in [-0.2, 0) is 16.4 Å². The van der Waals surface area contributed by atoms with Crippen LogP contribution in [-0.4, -0.2) is 53.7 Å². The second-order valence-corrected chi connectivity index (χ2v) is 9.98. The molecule has 0 aromatic heterocycles. The molecule has 1 unspecified atom stereocenters. The van der Waals surface area contributed by atoms with E-state index in [1.54, 1.807) is 13.2 Å². The zero-order valence-corrected chi connectivity index (χ0v) is 18.6. The Balaban J connectivity index is 1.61. The van der Waals surface area contributed by atoms with Crippen molar-refractivity contribution in [3.8, 4) is 5.75 Å². The molecule has 1 N–H and O–H groups in total. The number of hydrogen-bond donors (Lipinski definition) is 1. The zero-order chi connectivity index (χ0) is 21.1. The number of nitrogens with zero attached hydrogens (tertiary/aromatic N) is 2. The predicted octanol–water partition coefficient (Wildman–Crippen LogP) is 3.19. The number of hydrogen-bond acceptors (Lipinski definition) is 5. The topological polar surface area (TPSA) is 61.9 Å². The molecule has 1 fully saturated rings. The first-order chi connectivity index (χ1) is 14.5.